The fourth-order valence-corrected chi connectivity index (χ4v) is 3.23. The summed E-state index contributed by atoms with van der Waals surface area (Å²) in [6, 6.07) is 4.23. The number of rotatable bonds is 3. The minimum Gasteiger partial charge on any atom is -0.478 e. The molecule has 0 amide bonds. The minimum absolute atomic E-state index is 0.0186. The molecule has 0 bridgehead atoms. The first-order valence-electron chi connectivity index (χ1n) is 7.95. The van der Waals surface area contributed by atoms with E-state index in [0.717, 1.165) is 19.9 Å². The maximum atomic E-state index is 13.1. The normalized spacial score (nSPS) is 20.7. The van der Waals surface area contributed by atoms with E-state index in [4.69, 9.17) is 9.47 Å². The van der Waals surface area contributed by atoms with Crippen LogP contribution in [0, 0.1) is 11.8 Å². The summed E-state index contributed by atoms with van der Waals surface area (Å²) in [5.74, 6) is -6.53. The Morgan fingerprint density at radius 1 is 1.00 bits per heavy atom. The molecule has 3 rings (SSSR count). The van der Waals surface area contributed by atoms with Gasteiger partial charge in [0, 0.05) is 19.4 Å². The molecule has 0 saturated heterocycles. The van der Waals surface area contributed by atoms with Gasteiger partial charge in [0.15, 0.2) is 11.6 Å². The first-order valence-corrected chi connectivity index (χ1v) is 7.95. The van der Waals surface area contributed by atoms with Gasteiger partial charge in [-0.05, 0) is 12.1 Å². The molecule has 1 N–H and O–H groups in total. The summed E-state index contributed by atoms with van der Waals surface area (Å²) < 4.78 is 10.1. The van der Waals surface area contributed by atoms with Crippen LogP contribution in [-0.4, -0.2) is 34.6 Å². The maximum Gasteiger partial charge on any atom is 0.335 e. The molecular weight excluding hydrogens is 356 g/mol. The van der Waals surface area contributed by atoms with Crippen LogP contribution in [-0.2, 0) is 19.1 Å². The zero-order valence-corrected chi connectivity index (χ0v) is 14.3. The van der Waals surface area contributed by atoms with E-state index in [0.29, 0.717) is 0 Å². The summed E-state index contributed by atoms with van der Waals surface area (Å²) in [4.78, 5) is 60.2. The highest BCUT2D eigenvalue weighted by Gasteiger charge is 2.47. The van der Waals surface area contributed by atoms with Gasteiger partial charge in [0.05, 0.1) is 23.0 Å². The van der Waals surface area contributed by atoms with Crippen molar-refractivity contribution in [3.63, 3.8) is 0 Å². The van der Waals surface area contributed by atoms with Crippen molar-refractivity contribution in [2.75, 3.05) is 0 Å². The van der Waals surface area contributed by atoms with Crippen molar-refractivity contribution in [1.82, 2.24) is 0 Å². The van der Waals surface area contributed by atoms with E-state index in [1.54, 1.807) is 0 Å². The Morgan fingerprint density at radius 3 is 2.26 bits per heavy atom. The molecule has 0 fully saturated rings. The lowest BCUT2D eigenvalue weighted by atomic mass is 9.70. The number of carboxylic acid groups (broad SMARTS) is 1. The lowest BCUT2D eigenvalue weighted by Crippen LogP contribution is -2.40. The highest BCUT2D eigenvalue weighted by Crippen LogP contribution is 2.42. The smallest absolute Gasteiger partial charge is 0.335 e. The number of esters is 2. The van der Waals surface area contributed by atoms with Crippen LogP contribution in [0.15, 0.2) is 41.7 Å². The zero-order valence-electron chi connectivity index (χ0n) is 14.3. The molecular formula is C19H14O8. The molecule has 0 unspecified atom stereocenters. The van der Waals surface area contributed by atoms with Gasteiger partial charge in [-0.2, -0.15) is 0 Å². The molecule has 0 saturated carbocycles. The molecule has 2 aliphatic carbocycles. The second kappa shape index (κ2) is 6.64. The van der Waals surface area contributed by atoms with E-state index in [1.807, 2.05) is 0 Å². The van der Waals surface area contributed by atoms with Crippen molar-refractivity contribution < 1.29 is 38.6 Å². The number of carbonyl (C=O) groups excluding carboxylic acids is 4. The van der Waals surface area contributed by atoms with Gasteiger partial charge in [-0.3, -0.25) is 19.2 Å². The van der Waals surface area contributed by atoms with E-state index in [2.05, 4.69) is 0 Å². The first kappa shape index (κ1) is 18.2. The Labute approximate surface area is 153 Å². The third-order valence-corrected chi connectivity index (χ3v) is 4.21. The monoisotopic (exact) mass is 370 g/mol. The Balaban J connectivity index is 2.19. The number of ether oxygens (including phenoxy) is 2. The van der Waals surface area contributed by atoms with Crippen molar-refractivity contribution >= 4 is 29.5 Å². The lowest BCUT2D eigenvalue weighted by molar-refractivity contribution is -0.138. The maximum absolute atomic E-state index is 13.1. The molecule has 8 nitrogen and oxygen atoms in total. The van der Waals surface area contributed by atoms with E-state index < -0.39 is 41.3 Å². The van der Waals surface area contributed by atoms with Gasteiger partial charge in [0.2, 0.25) is 0 Å². The Kier molecular flexibility index (Phi) is 4.49. The summed E-state index contributed by atoms with van der Waals surface area (Å²) in [7, 11) is 0. The van der Waals surface area contributed by atoms with Crippen LogP contribution in [0.1, 0.15) is 34.6 Å². The fourth-order valence-electron chi connectivity index (χ4n) is 3.23. The van der Waals surface area contributed by atoms with Gasteiger partial charge in [-0.15, -0.1) is 0 Å². The van der Waals surface area contributed by atoms with Gasteiger partial charge in [0.1, 0.15) is 11.5 Å². The molecule has 27 heavy (non-hydrogen) atoms. The predicted molar refractivity (Wildman–Crippen MR) is 89.0 cm³/mol. The number of aliphatic carboxylic acids is 1. The van der Waals surface area contributed by atoms with E-state index in [1.165, 1.54) is 24.3 Å². The van der Waals surface area contributed by atoms with Crippen LogP contribution in [0.3, 0.4) is 0 Å². The summed E-state index contributed by atoms with van der Waals surface area (Å²) in [6.07, 6.45) is 2.22. The van der Waals surface area contributed by atoms with E-state index in [9.17, 15) is 29.1 Å². The van der Waals surface area contributed by atoms with Crippen molar-refractivity contribution in [3.05, 3.63) is 52.8 Å². The second-order valence-corrected chi connectivity index (χ2v) is 6.07. The van der Waals surface area contributed by atoms with Crippen molar-refractivity contribution in [2.45, 2.75) is 13.8 Å². The molecule has 2 atom stereocenters. The average Bonchev–Trinajstić information content (AvgIpc) is 2.57. The molecule has 1 aromatic rings. The Bertz CT molecular complexity index is 966. The van der Waals surface area contributed by atoms with E-state index in [-0.39, 0.29) is 28.2 Å². The highest BCUT2D eigenvalue weighted by molar-refractivity contribution is 6.19. The number of carboxylic acids is 1. The SMILES string of the molecule is CC(=O)OC1=CC(C(=O)O)=C[C@H]2C(=O)c3cccc(OC(C)=O)c3C(=O)[C@H]12. The Hall–Kier alpha value is -3.55. The molecule has 2 aliphatic rings. The van der Waals surface area contributed by atoms with Crippen LogP contribution in [0.5, 0.6) is 5.75 Å². The zero-order chi connectivity index (χ0) is 19.9. The third-order valence-electron chi connectivity index (χ3n) is 4.21. The Morgan fingerprint density at radius 2 is 1.67 bits per heavy atom. The van der Waals surface area contributed by atoms with Crippen molar-refractivity contribution in [1.29, 1.82) is 0 Å². The fraction of sp³-hybridized carbons (Fsp3) is 0.211. The number of ketones is 2. The van der Waals surface area contributed by atoms with Crippen LogP contribution >= 0.6 is 0 Å². The van der Waals surface area contributed by atoms with Crippen molar-refractivity contribution in [3.8, 4) is 5.75 Å². The lowest BCUT2D eigenvalue weighted by Gasteiger charge is -2.32. The van der Waals surface area contributed by atoms with E-state index >= 15 is 0 Å². The van der Waals surface area contributed by atoms with Gasteiger partial charge in [0.25, 0.3) is 0 Å². The molecule has 0 spiro atoms. The third kappa shape index (κ3) is 3.17. The average molecular weight is 370 g/mol. The standard InChI is InChI=1S/C19H14O8/c1-8(20)26-13-5-3-4-11-15(13)18(23)16-12(17(11)22)6-10(19(24)25)7-14(16)27-9(2)21/h3-7,12,16H,1-2H3,(H,24,25)/t12-,16+/m1/s1. The molecule has 1 aromatic carbocycles. The largest absolute Gasteiger partial charge is 0.478 e. The molecule has 0 aromatic heterocycles. The quantitative estimate of drug-likeness (QED) is 0.630. The van der Waals surface area contributed by atoms with Gasteiger partial charge in [-0.1, -0.05) is 18.2 Å². The highest BCUT2D eigenvalue weighted by atomic mass is 16.5. The second-order valence-electron chi connectivity index (χ2n) is 6.07. The van der Waals surface area contributed by atoms with Gasteiger partial charge in [-0.25, -0.2) is 4.79 Å². The number of fused-ring (bicyclic) bond motifs is 2. The number of hydrogen-bond donors (Lipinski definition) is 1. The molecule has 138 valence electrons. The summed E-state index contributed by atoms with van der Waals surface area (Å²) in [5.41, 5.74) is -0.331. The van der Waals surface area contributed by atoms with Crippen LogP contribution < -0.4 is 4.74 Å². The van der Waals surface area contributed by atoms with Gasteiger partial charge < -0.3 is 14.6 Å². The van der Waals surface area contributed by atoms with Crippen LogP contribution in [0.4, 0.5) is 0 Å². The first-order chi connectivity index (χ1) is 12.7. The molecule has 0 radical (unpaired) electrons. The summed E-state index contributed by atoms with van der Waals surface area (Å²) in [5, 5.41) is 9.26. The topological polar surface area (TPSA) is 124 Å². The molecule has 0 heterocycles. The van der Waals surface area contributed by atoms with Crippen molar-refractivity contribution in [2.24, 2.45) is 11.8 Å². The minimum atomic E-state index is -1.32. The number of carbonyl (C=O) groups is 5. The predicted octanol–water partition coefficient (Wildman–Crippen LogP) is 1.69. The number of benzene rings is 1. The number of allylic oxidation sites excluding steroid dienone is 2. The molecule has 8 heteroatoms. The molecule has 0 aliphatic heterocycles. The van der Waals surface area contributed by atoms with Gasteiger partial charge >= 0.3 is 17.9 Å². The number of Topliss-reactive ketones (excluding diaryl/α,β-unsaturated/α-hetero) is 2. The van der Waals surface area contributed by atoms with Crippen LogP contribution in [0.2, 0.25) is 0 Å². The van der Waals surface area contributed by atoms with Crippen LogP contribution in [0.25, 0.3) is 0 Å². The number of hydrogen-bond acceptors (Lipinski definition) is 7. The summed E-state index contributed by atoms with van der Waals surface area (Å²) >= 11 is 0. The summed E-state index contributed by atoms with van der Waals surface area (Å²) in [6.45, 7) is 2.26.